The van der Waals surface area contributed by atoms with E-state index in [9.17, 15) is 4.79 Å². The van der Waals surface area contributed by atoms with Gasteiger partial charge in [-0.3, -0.25) is 9.88 Å². The minimum Gasteiger partial charge on any atom is -0.441 e. The third-order valence-corrected chi connectivity index (χ3v) is 2.98. The molecular weight excluding hydrogens is 232 g/mol. The third kappa shape index (κ3) is 1.78. The Kier molecular flexibility index (Phi) is 2.60. The topological polar surface area (TPSA) is 62.7 Å². The van der Waals surface area contributed by atoms with Crippen molar-refractivity contribution in [1.82, 2.24) is 4.98 Å². The summed E-state index contributed by atoms with van der Waals surface area (Å²) in [4.78, 5) is 17.4. The molecule has 0 radical (unpaired) electrons. The molecule has 1 aromatic carbocycles. The summed E-state index contributed by atoms with van der Waals surface area (Å²) in [6.07, 6.45) is 0.868. The number of benzene rings is 1. The highest BCUT2D eigenvalue weighted by Gasteiger charge is 2.31. The Labute approximate surface area is 104 Å². The van der Waals surface area contributed by atoms with Gasteiger partial charge in [-0.25, -0.2) is 4.79 Å². The second-order valence-electron chi connectivity index (χ2n) is 4.18. The number of hydrogen-bond acceptors (Lipinski definition) is 4. The fourth-order valence-corrected chi connectivity index (χ4v) is 2.06. The molecule has 18 heavy (non-hydrogen) atoms. The molecule has 1 aromatic heterocycles. The van der Waals surface area contributed by atoms with Crippen LogP contribution in [0.15, 0.2) is 36.5 Å². The van der Waals surface area contributed by atoms with Crippen LogP contribution in [0.4, 0.5) is 10.5 Å². The van der Waals surface area contributed by atoms with Crippen molar-refractivity contribution >= 4 is 22.7 Å². The zero-order chi connectivity index (χ0) is 12.5. The Morgan fingerprint density at radius 2 is 2.33 bits per heavy atom. The van der Waals surface area contributed by atoms with E-state index in [1.54, 1.807) is 6.20 Å². The first-order valence-corrected chi connectivity index (χ1v) is 5.72. The zero-order valence-electron chi connectivity index (χ0n) is 9.61. The predicted molar refractivity (Wildman–Crippen MR) is 66.4 cm³/mol. The highest BCUT2D eigenvalue weighted by atomic mass is 16.6. The number of hydrogen-bond donors (Lipinski definition) is 1. The van der Waals surface area contributed by atoms with Crippen LogP contribution in [-0.2, 0) is 4.74 Å². The number of aliphatic hydroxyl groups excluding tert-OH is 1. The summed E-state index contributed by atoms with van der Waals surface area (Å²) in [7, 11) is 0. The molecule has 2 heterocycles. The Bertz CT molecular complexity index is 600. The number of aliphatic hydroxyl groups is 1. The lowest BCUT2D eigenvalue weighted by Gasteiger charge is -2.13. The Balaban J connectivity index is 1.97. The van der Waals surface area contributed by atoms with Crippen LogP contribution in [0.25, 0.3) is 10.9 Å². The number of ether oxygens (including phenoxy) is 1. The number of carbonyl (C=O) groups is 1. The lowest BCUT2D eigenvalue weighted by Crippen LogP contribution is -2.25. The normalized spacial score (nSPS) is 19.3. The van der Waals surface area contributed by atoms with Gasteiger partial charge in [-0.2, -0.15) is 0 Å². The van der Waals surface area contributed by atoms with Crippen LogP contribution in [0.3, 0.4) is 0 Å². The number of aromatic nitrogens is 1. The number of fused-ring (bicyclic) bond motifs is 1. The van der Waals surface area contributed by atoms with Gasteiger partial charge >= 0.3 is 6.09 Å². The molecule has 3 rings (SSSR count). The highest BCUT2D eigenvalue weighted by Crippen LogP contribution is 2.24. The summed E-state index contributed by atoms with van der Waals surface area (Å²) >= 11 is 0. The first-order valence-electron chi connectivity index (χ1n) is 5.72. The fraction of sp³-hybridized carbons (Fsp3) is 0.231. The summed E-state index contributed by atoms with van der Waals surface area (Å²) < 4.78 is 5.01. The molecule has 2 aromatic rings. The molecule has 1 fully saturated rings. The predicted octanol–water partition coefficient (Wildman–Crippen LogP) is 1.55. The summed E-state index contributed by atoms with van der Waals surface area (Å²) in [6, 6.07) is 9.38. The highest BCUT2D eigenvalue weighted by molar-refractivity contribution is 5.93. The monoisotopic (exact) mass is 244 g/mol. The Morgan fingerprint density at radius 1 is 1.44 bits per heavy atom. The van der Waals surface area contributed by atoms with Gasteiger partial charge in [-0.05, 0) is 24.3 Å². The maximum atomic E-state index is 11.7. The molecule has 1 atom stereocenters. The van der Waals surface area contributed by atoms with Crippen molar-refractivity contribution in [1.29, 1.82) is 0 Å². The van der Waals surface area contributed by atoms with Gasteiger partial charge in [-0.15, -0.1) is 0 Å². The van der Waals surface area contributed by atoms with Crippen LogP contribution in [0.1, 0.15) is 0 Å². The quantitative estimate of drug-likeness (QED) is 0.870. The number of nitrogens with zero attached hydrogens (tertiary/aromatic N) is 2. The van der Waals surface area contributed by atoms with Crippen molar-refractivity contribution in [2.24, 2.45) is 0 Å². The SMILES string of the molecule is O=C1O[C@@H](CO)CN1c1ccc2ncccc2c1. The van der Waals surface area contributed by atoms with Gasteiger partial charge in [0.15, 0.2) is 0 Å². The number of amides is 1. The zero-order valence-corrected chi connectivity index (χ0v) is 9.61. The van der Waals surface area contributed by atoms with Gasteiger partial charge in [0.05, 0.1) is 18.7 Å². The molecule has 0 bridgehead atoms. The molecule has 1 aliphatic heterocycles. The van der Waals surface area contributed by atoms with Crippen molar-refractivity contribution in [2.45, 2.75) is 6.10 Å². The van der Waals surface area contributed by atoms with Crippen molar-refractivity contribution in [3.05, 3.63) is 36.5 Å². The van der Waals surface area contributed by atoms with Crippen LogP contribution in [0.5, 0.6) is 0 Å². The third-order valence-electron chi connectivity index (χ3n) is 2.98. The van der Waals surface area contributed by atoms with Gasteiger partial charge < -0.3 is 9.84 Å². The van der Waals surface area contributed by atoms with Crippen molar-refractivity contribution in [2.75, 3.05) is 18.1 Å². The molecule has 92 valence electrons. The van der Waals surface area contributed by atoms with E-state index < -0.39 is 12.2 Å². The average Bonchev–Trinajstić information content (AvgIpc) is 2.79. The number of anilines is 1. The van der Waals surface area contributed by atoms with E-state index in [4.69, 9.17) is 9.84 Å². The Hall–Kier alpha value is -2.14. The van der Waals surface area contributed by atoms with E-state index in [1.807, 2.05) is 30.3 Å². The van der Waals surface area contributed by atoms with Crippen LogP contribution in [0, 0.1) is 0 Å². The molecular formula is C13H12N2O3. The van der Waals surface area contributed by atoms with Gasteiger partial charge in [0.25, 0.3) is 0 Å². The van der Waals surface area contributed by atoms with Crippen LogP contribution in [0.2, 0.25) is 0 Å². The van der Waals surface area contributed by atoms with E-state index in [2.05, 4.69) is 4.98 Å². The maximum absolute atomic E-state index is 11.7. The molecule has 0 spiro atoms. The van der Waals surface area contributed by atoms with Crippen molar-refractivity contribution in [3.63, 3.8) is 0 Å². The van der Waals surface area contributed by atoms with Crippen molar-refractivity contribution in [3.8, 4) is 0 Å². The molecule has 0 aliphatic carbocycles. The summed E-state index contributed by atoms with van der Waals surface area (Å²) in [5, 5.41) is 9.97. The molecule has 1 aliphatic rings. The standard InChI is InChI=1S/C13H12N2O3/c16-8-11-7-15(13(17)18-11)10-3-4-12-9(6-10)2-1-5-14-12/h1-6,11,16H,7-8H2/t11-/m1/s1. The Morgan fingerprint density at radius 3 is 3.11 bits per heavy atom. The maximum Gasteiger partial charge on any atom is 0.414 e. The van der Waals surface area contributed by atoms with Gasteiger partial charge in [0, 0.05) is 17.3 Å². The minimum absolute atomic E-state index is 0.155. The van der Waals surface area contributed by atoms with Crippen LogP contribution in [-0.4, -0.2) is 35.4 Å². The molecule has 1 N–H and O–H groups in total. The second-order valence-corrected chi connectivity index (χ2v) is 4.18. The molecule has 5 heteroatoms. The van der Waals surface area contributed by atoms with E-state index in [-0.39, 0.29) is 6.61 Å². The molecule has 1 saturated heterocycles. The number of pyridine rings is 1. The van der Waals surface area contributed by atoms with E-state index >= 15 is 0 Å². The summed E-state index contributed by atoms with van der Waals surface area (Å²) in [6.45, 7) is 0.221. The number of cyclic esters (lactones) is 1. The number of carbonyl (C=O) groups excluding carboxylic acids is 1. The average molecular weight is 244 g/mol. The van der Waals surface area contributed by atoms with E-state index in [1.165, 1.54) is 4.90 Å². The van der Waals surface area contributed by atoms with Crippen LogP contribution >= 0.6 is 0 Å². The lowest BCUT2D eigenvalue weighted by atomic mass is 10.2. The van der Waals surface area contributed by atoms with Gasteiger partial charge in [-0.1, -0.05) is 6.07 Å². The van der Waals surface area contributed by atoms with E-state index in [0.717, 1.165) is 16.6 Å². The smallest absolute Gasteiger partial charge is 0.414 e. The minimum atomic E-state index is -0.443. The number of rotatable bonds is 2. The lowest BCUT2D eigenvalue weighted by molar-refractivity contribution is 0.0963. The van der Waals surface area contributed by atoms with Crippen LogP contribution < -0.4 is 4.90 Å². The second kappa shape index (κ2) is 4.27. The largest absolute Gasteiger partial charge is 0.441 e. The fourth-order valence-electron chi connectivity index (χ4n) is 2.06. The van der Waals surface area contributed by atoms with E-state index in [0.29, 0.717) is 6.54 Å². The summed E-state index contributed by atoms with van der Waals surface area (Å²) in [5.41, 5.74) is 1.64. The van der Waals surface area contributed by atoms with Crippen molar-refractivity contribution < 1.29 is 14.6 Å². The molecule has 5 nitrogen and oxygen atoms in total. The molecule has 0 saturated carbocycles. The molecule has 0 unspecified atom stereocenters. The van der Waals surface area contributed by atoms with Gasteiger partial charge in [0.1, 0.15) is 6.10 Å². The first-order chi connectivity index (χ1) is 8.78. The van der Waals surface area contributed by atoms with Gasteiger partial charge in [0.2, 0.25) is 0 Å². The first kappa shape index (κ1) is 11.0. The molecule has 1 amide bonds. The summed E-state index contributed by atoms with van der Waals surface area (Å²) in [5.74, 6) is 0.